The molecule has 4 aromatic rings. The molecule has 6 rings (SSSR count). The van der Waals surface area contributed by atoms with Crippen molar-refractivity contribution in [1.29, 1.82) is 0 Å². The van der Waals surface area contributed by atoms with Crippen LogP contribution in [0.3, 0.4) is 0 Å². The number of likely N-dealkylation sites (N-methyl/N-ethyl adjacent to an activating group) is 2. The van der Waals surface area contributed by atoms with E-state index >= 15 is 0 Å². The second-order valence-electron chi connectivity index (χ2n) is 14.3. The van der Waals surface area contributed by atoms with Gasteiger partial charge in [0.2, 0.25) is 0 Å². The van der Waals surface area contributed by atoms with Gasteiger partial charge in [0.25, 0.3) is 5.91 Å². The van der Waals surface area contributed by atoms with Gasteiger partial charge in [0.15, 0.2) is 0 Å². The van der Waals surface area contributed by atoms with E-state index in [1.807, 2.05) is 84.9 Å². The molecule has 2 saturated heterocycles. The molecule has 0 spiro atoms. The van der Waals surface area contributed by atoms with Gasteiger partial charge in [0, 0.05) is 56.2 Å². The fraction of sp³-hybridized carbons (Fsp3) is 0.409. The van der Waals surface area contributed by atoms with E-state index < -0.39 is 5.97 Å². The number of nitrogens with one attached hydrogen (secondary N) is 1. The van der Waals surface area contributed by atoms with Gasteiger partial charge in [0.05, 0.1) is 5.56 Å². The zero-order valence-corrected chi connectivity index (χ0v) is 32.7. The Morgan fingerprint density at radius 3 is 1.40 bits per heavy atom. The number of hydrogen-bond acceptors (Lipinski definition) is 9. The lowest BCUT2D eigenvalue weighted by molar-refractivity contribution is -0.00658. The normalized spacial score (nSPS) is 15.8. The van der Waals surface area contributed by atoms with E-state index in [2.05, 4.69) is 43.3 Å². The molecule has 0 aliphatic carbocycles. The minimum Gasteiger partial charge on any atom is -0.489 e. The Hall–Kier alpha value is -4.78. The number of carboxylic acid groups (broad SMARTS) is 1. The topological polar surface area (TPSA) is 136 Å². The molecule has 0 atom stereocenters. The van der Waals surface area contributed by atoms with E-state index in [-0.39, 0.29) is 22.5 Å². The van der Waals surface area contributed by atoms with Crippen LogP contribution in [0.2, 0.25) is 0 Å². The molecule has 0 bridgehead atoms. The van der Waals surface area contributed by atoms with Crippen molar-refractivity contribution >= 4 is 11.9 Å². The van der Waals surface area contributed by atoms with Crippen LogP contribution in [-0.2, 0) is 22.7 Å². The van der Waals surface area contributed by atoms with E-state index in [1.165, 1.54) is 12.1 Å². The second kappa shape index (κ2) is 21.9. The lowest BCUT2D eigenvalue weighted by Crippen LogP contribution is -2.55. The molecule has 1 amide bonds. The van der Waals surface area contributed by atoms with Crippen LogP contribution < -0.4 is 20.5 Å². The van der Waals surface area contributed by atoms with Crippen molar-refractivity contribution in [2.24, 2.45) is 5.73 Å². The molecule has 4 aromatic carbocycles. The maximum absolute atomic E-state index is 12.5. The van der Waals surface area contributed by atoms with Crippen LogP contribution in [0.25, 0.3) is 0 Å². The van der Waals surface area contributed by atoms with Crippen molar-refractivity contribution in [3.63, 3.8) is 0 Å². The first-order valence-corrected chi connectivity index (χ1v) is 18.8. The third-order valence-corrected chi connectivity index (χ3v) is 10.4. The van der Waals surface area contributed by atoms with Crippen molar-refractivity contribution in [1.82, 2.24) is 15.1 Å². The third-order valence-electron chi connectivity index (χ3n) is 10.4. The molecule has 2 aliphatic heterocycles. The van der Waals surface area contributed by atoms with E-state index in [1.54, 1.807) is 12.1 Å². The van der Waals surface area contributed by atoms with Crippen molar-refractivity contribution in [2.75, 3.05) is 67.7 Å². The summed E-state index contributed by atoms with van der Waals surface area (Å²) < 4.78 is 22.1. The average molecular weight is 755 g/mol. The number of carbonyl (C=O) groups is 2. The lowest BCUT2D eigenvalue weighted by atomic mass is 9.88. The van der Waals surface area contributed by atoms with Gasteiger partial charge in [-0.2, -0.15) is 0 Å². The van der Waals surface area contributed by atoms with Crippen LogP contribution >= 0.6 is 0 Å². The molecule has 2 heterocycles. The van der Waals surface area contributed by atoms with Crippen LogP contribution in [0, 0.1) is 0 Å². The van der Waals surface area contributed by atoms with Crippen LogP contribution in [0.1, 0.15) is 57.5 Å². The minimum atomic E-state index is -0.931. The molecule has 296 valence electrons. The molecule has 11 nitrogen and oxygen atoms in total. The smallest absolute Gasteiger partial charge is 0.335 e. The highest BCUT2D eigenvalue weighted by Crippen LogP contribution is 2.26. The molecular formula is C44H58N4O7. The van der Waals surface area contributed by atoms with Gasteiger partial charge in [-0.1, -0.05) is 60.7 Å². The summed E-state index contributed by atoms with van der Waals surface area (Å²) >= 11 is 0. The Labute approximate surface area is 326 Å². The molecular weight excluding hydrogens is 697 g/mol. The number of hydrogen-bond donors (Lipinski definition) is 3. The van der Waals surface area contributed by atoms with Gasteiger partial charge in [-0.3, -0.25) is 4.79 Å². The highest BCUT2D eigenvalue weighted by molar-refractivity contribution is 5.94. The molecule has 2 aliphatic rings. The standard InChI is InChI=1S/C22H28N2O3.C14H12O3.C8H18N2O/c1-24(2)22(12-14-26-15-13-22)17-23-21(25)19-8-10-20(11-9-19)27-16-18-6-4-3-5-7-18;15-14(16)12-6-8-13(9-7-12)17-10-11-4-2-1-3-5-11;1-10(2)8(7-9)3-5-11-6-4-8/h3-11H,12-17H2,1-2H3,(H,23,25);1-9H,10H2,(H,15,16);3-7,9H2,1-2H3. The van der Waals surface area contributed by atoms with Crippen molar-refractivity contribution in [3.8, 4) is 11.5 Å². The monoisotopic (exact) mass is 754 g/mol. The maximum atomic E-state index is 12.5. The first-order valence-electron chi connectivity index (χ1n) is 18.8. The van der Waals surface area contributed by atoms with E-state index in [4.69, 9.17) is 29.8 Å². The Morgan fingerprint density at radius 2 is 1.04 bits per heavy atom. The largest absolute Gasteiger partial charge is 0.489 e. The van der Waals surface area contributed by atoms with Gasteiger partial charge in [-0.15, -0.1) is 0 Å². The summed E-state index contributed by atoms with van der Waals surface area (Å²) in [4.78, 5) is 27.6. The van der Waals surface area contributed by atoms with Crippen molar-refractivity contribution < 1.29 is 33.6 Å². The van der Waals surface area contributed by atoms with Gasteiger partial charge in [0.1, 0.15) is 24.7 Å². The van der Waals surface area contributed by atoms with Crippen LogP contribution in [-0.4, -0.2) is 106 Å². The summed E-state index contributed by atoms with van der Waals surface area (Å²) in [5, 5.41) is 11.8. The number of ether oxygens (including phenoxy) is 4. The number of aromatic carboxylic acids is 1. The number of rotatable bonds is 13. The molecule has 11 heteroatoms. The molecule has 4 N–H and O–H groups in total. The fourth-order valence-electron chi connectivity index (χ4n) is 6.34. The van der Waals surface area contributed by atoms with Crippen LogP contribution in [0.15, 0.2) is 109 Å². The van der Waals surface area contributed by atoms with Crippen LogP contribution in [0.5, 0.6) is 11.5 Å². The van der Waals surface area contributed by atoms with Gasteiger partial charge in [-0.05, 0) is 114 Å². The summed E-state index contributed by atoms with van der Waals surface area (Å²) in [5.74, 6) is 0.431. The number of amides is 1. The van der Waals surface area contributed by atoms with E-state index in [0.717, 1.165) is 75.5 Å². The first kappa shape index (κ1) is 43.0. The van der Waals surface area contributed by atoms with Gasteiger partial charge >= 0.3 is 5.97 Å². The first-order chi connectivity index (χ1) is 26.6. The van der Waals surface area contributed by atoms with Crippen LogP contribution in [0.4, 0.5) is 0 Å². The third kappa shape index (κ3) is 13.5. The molecule has 55 heavy (non-hydrogen) atoms. The summed E-state index contributed by atoms with van der Waals surface area (Å²) in [7, 11) is 8.32. The quantitative estimate of drug-likeness (QED) is 0.146. The highest BCUT2D eigenvalue weighted by Gasteiger charge is 2.35. The van der Waals surface area contributed by atoms with Crippen molar-refractivity contribution in [3.05, 3.63) is 131 Å². The molecule has 0 unspecified atom stereocenters. The van der Waals surface area contributed by atoms with E-state index in [9.17, 15) is 9.59 Å². The number of nitrogens with zero attached hydrogens (tertiary/aromatic N) is 2. The Bertz CT molecular complexity index is 1690. The molecule has 0 radical (unpaired) electrons. The predicted molar refractivity (Wildman–Crippen MR) is 216 cm³/mol. The zero-order chi connectivity index (χ0) is 39.5. The molecule has 0 aromatic heterocycles. The summed E-state index contributed by atoms with van der Waals surface area (Å²) in [5.41, 5.74) is 9.01. The molecule has 0 saturated carbocycles. The highest BCUT2D eigenvalue weighted by atomic mass is 16.5. The summed E-state index contributed by atoms with van der Waals surface area (Å²) in [6.07, 6.45) is 3.98. The fourth-order valence-corrected chi connectivity index (χ4v) is 6.34. The minimum absolute atomic E-state index is 0.0351. The number of benzene rings is 4. The van der Waals surface area contributed by atoms with Gasteiger partial charge in [-0.25, -0.2) is 4.79 Å². The maximum Gasteiger partial charge on any atom is 0.335 e. The zero-order valence-electron chi connectivity index (χ0n) is 32.7. The number of nitrogens with two attached hydrogens (primary N) is 1. The summed E-state index contributed by atoms with van der Waals surface area (Å²) in [6.45, 7) is 5.54. The predicted octanol–water partition coefficient (Wildman–Crippen LogP) is 6.13. The van der Waals surface area contributed by atoms with E-state index in [0.29, 0.717) is 31.1 Å². The number of carbonyl (C=O) groups excluding carboxylic acids is 1. The average Bonchev–Trinajstić information content (AvgIpc) is 3.23. The Kier molecular flexibility index (Phi) is 17.1. The molecule has 2 fully saturated rings. The van der Waals surface area contributed by atoms with Gasteiger partial charge < -0.3 is 44.9 Å². The second-order valence-corrected chi connectivity index (χ2v) is 14.3. The summed E-state index contributed by atoms with van der Waals surface area (Å²) in [6, 6.07) is 33.5. The lowest BCUT2D eigenvalue weighted by Gasteiger charge is -2.42. The Balaban J connectivity index is 0.000000204. The van der Waals surface area contributed by atoms with Crippen molar-refractivity contribution in [2.45, 2.75) is 50.0 Å². The Morgan fingerprint density at radius 1 is 0.636 bits per heavy atom. The number of carboxylic acids is 1. The SMILES string of the molecule is CN(C)C1(CN)CCOCC1.CN(C)C1(CNC(=O)c2ccc(OCc3ccccc3)cc2)CCOCC1.O=C(O)c1ccc(OCc2ccccc2)cc1.